The molecule has 0 bridgehead atoms. The van der Waals surface area contributed by atoms with E-state index in [1.807, 2.05) is 19.2 Å². The first-order chi connectivity index (χ1) is 6.68. The maximum absolute atomic E-state index is 7.23. The lowest BCUT2D eigenvalue weighted by Gasteiger charge is -2.16. The van der Waals surface area contributed by atoms with Crippen LogP contribution in [-0.4, -0.2) is 23.9 Å². The molecular weight excluding hydrogens is 176 g/mol. The second-order valence-electron chi connectivity index (χ2n) is 3.66. The van der Waals surface area contributed by atoms with Gasteiger partial charge in [-0.1, -0.05) is 0 Å². The molecule has 0 saturated heterocycles. The van der Waals surface area contributed by atoms with Gasteiger partial charge in [0.2, 0.25) is 0 Å². The molecule has 4 heteroatoms. The fourth-order valence-electron chi connectivity index (χ4n) is 1.40. The zero-order chi connectivity index (χ0) is 10.1. The predicted molar refractivity (Wildman–Crippen MR) is 56.7 cm³/mol. The van der Waals surface area contributed by atoms with Crippen molar-refractivity contribution in [1.82, 2.24) is 4.98 Å². The molecule has 74 valence electrons. The smallest absolute Gasteiger partial charge is 0.128 e. The van der Waals surface area contributed by atoms with E-state index in [4.69, 9.17) is 11.1 Å². The van der Waals surface area contributed by atoms with Gasteiger partial charge in [0.25, 0.3) is 0 Å². The van der Waals surface area contributed by atoms with Crippen molar-refractivity contribution in [3.8, 4) is 0 Å². The topological polar surface area (TPSA) is 66.0 Å². The molecule has 0 aliphatic heterocycles. The van der Waals surface area contributed by atoms with Crippen LogP contribution in [0, 0.1) is 5.41 Å². The first kappa shape index (κ1) is 8.99. The summed E-state index contributed by atoms with van der Waals surface area (Å²) < 4.78 is 0. The van der Waals surface area contributed by atoms with Crippen LogP contribution in [0.2, 0.25) is 0 Å². The summed E-state index contributed by atoms with van der Waals surface area (Å²) in [6.07, 6.45) is 4.16. The van der Waals surface area contributed by atoms with Gasteiger partial charge in [0.1, 0.15) is 11.7 Å². The Labute approximate surface area is 83.3 Å². The van der Waals surface area contributed by atoms with E-state index in [1.54, 1.807) is 6.20 Å². The Bertz CT molecular complexity index is 340. The number of anilines is 1. The average Bonchev–Trinajstić information content (AvgIpc) is 3.00. The third kappa shape index (κ3) is 1.69. The minimum Gasteiger partial charge on any atom is -0.384 e. The minimum absolute atomic E-state index is 0.0677. The molecule has 1 heterocycles. The molecular formula is C10H14N4. The fourth-order valence-corrected chi connectivity index (χ4v) is 1.40. The molecule has 1 aromatic rings. The van der Waals surface area contributed by atoms with Crippen molar-refractivity contribution in [2.45, 2.75) is 18.9 Å². The maximum atomic E-state index is 7.23. The Balaban J connectivity index is 2.16. The molecule has 0 aromatic carbocycles. The normalized spacial score (nSPS) is 15.2. The van der Waals surface area contributed by atoms with Gasteiger partial charge >= 0.3 is 0 Å². The molecule has 0 atom stereocenters. The summed E-state index contributed by atoms with van der Waals surface area (Å²) in [5.41, 5.74) is 6.02. The highest BCUT2D eigenvalue weighted by Gasteiger charge is 2.26. The summed E-state index contributed by atoms with van der Waals surface area (Å²) in [6, 6.07) is 4.41. The van der Waals surface area contributed by atoms with Crippen LogP contribution in [-0.2, 0) is 0 Å². The number of hydrogen-bond donors (Lipinski definition) is 2. The van der Waals surface area contributed by atoms with Crippen LogP contribution in [0.3, 0.4) is 0 Å². The van der Waals surface area contributed by atoms with E-state index in [2.05, 4.69) is 9.88 Å². The van der Waals surface area contributed by atoms with Crippen molar-refractivity contribution in [2.75, 3.05) is 11.9 Å². The quantitative estimate of drug-likeness (QED) is 0.551. The molecule has 0 amide bonds. The average molecular weight is 190 g/mol. The standard InChI is InChI=1S/C10H14N4/c1-14(8-3-4-8)9-5-2-7(6-13-9)10(11)12/h2,5-6,8H,3-4H2,1H3,(H3,11,12). The van der Waals surface area contributed by atoms with Gasteiger partial charge in [-0.2, -0.15) is 0 Å². The molecule has 1 fully saturated rings. The van der Waals surface area contributed by atoms with Gasteiger partial charge in [-0.25, -0.2) is 4.98 Å². The highest BCUT2D eigenvalue weighted by atomic mass is 15.2. The first-order valence-corrected chi connectivity index (χ1v) is 4.72. The predicted octanol–water partition coefficient (Wildman–Crippen LogP) is 0.964. The number of aromatic nitrogens is 1. The number of nitrogens with one attached hydrogen (secondary N) is 1. The lowest BCUT2D eigenvalue weighted by Crippen LogP contribution is -2.21. The summed E-state index contributed by atoms with van der Waals surface area (Å²) in [5.74, 6) is 1.02. The third-order valence-electron chi connectivity index (χ3n) is 2.51. The Hall–Kier alpha value is -1.58. The number of nitrogens with two attached hydrogens (primary N) is 1. The maximum Gasteiger partial charge on any atom is 0.128 e. The van der Waals surface area contributed by atoms with E-state index >= 15 is 0 Å². The summed E-state index contributed by atoms with van der Waals surface area (Å²) in [5, 5.41) is 7.23. The van der Waals surface area contributed by atoms with Gasteiger partial charge in [-0.05, 0) is 25.0 Å². The Kier molecular flexibility index (Phi) is 2.11. The van der Waals surface area contributed by atoms with Crippen LogP contribution >= 0.6 is 0 Å². The molecule has 1 aliphatic carbocycles. The molecule has 0 spiro atoms. The fraction of sp³-hybridized carbons (Fsp3) is 0.400. The lowest BCUT2D eigenvalue weighted by molar-refractivity contribution is 0.892. The van der Waals surface area contributed by atoms with Gasteiger partial charge in [-0.15, -0.1) is 0 Å². The summed E-state index contributed by atoms with van der Waals surface area (Å²) >= 11 is 0. The van der Waals surface area contributed by atoms with Gasteiger partial charge in [0, 0.05) is 24.8 Å². The Morgan fingerprint density at radius 2 is 2.29 bits per heavy atom. The molecule has 1 saturated carbocycles. The second kappa shape index (κ2) is 3.29. The van der Waals surface area contributed by atoms with Crippen LogP contribution < -0.4 is 10.6 Å². The van der Waals surface area contributed by atoms with E-state index < -0.39 is 0 Å². The van der Waals surface area contributed by atoms with Crippen LogP contribution in [0.4, 0.5) is 5.82 Å². The summed E-state index contributed by atoms with van der Waals surface area (Å²) in [4.78, 5) is 6.44. The van der Waals surface area contributed by atoms with E-state index in [9.17, 15) is 0 Å². The van der Waals surface area contributed by atoms with Crippen molar-refractivity contribution < 1.29 is 0 Å². The van der Waals surface area contributed by atoms with Crippen LogP contribution in [0.15, 0.2) is 18.3 Å². The highest BCUT2D eigenvalue weighted by Crippen LogP contribution is 2.28. The molecule has 2 rings (SSSR count). The highest BCUT2D eigenvalue weighted by molar-refractivity contribution is 5.94. The number of hydrogen-bond acceptors (Lipinski definition) is 3. The van der Waals surface area contributed by atoms with Crippen LogP contribution in [0.25, 0.3) is 0 Å². The summed E-state index contributed by atoms with van der Waals surface area (Å²) in [7, 11) is 2.05. The van der Waals surface area contributed by atoms with Crippen molar-refractivity contribution in [3.05, 3.63) is 23.9 Å². The van der Waals surface area contributed by atoms with E-state index in [1.165, 1.54) is 12.8 Å². The largest absolute Gasteiger partial charge is 0.384 e. The van der Waals surface area contributed by atoms with E-state index in [-0.39, 0.29) is 5.84 Å². The van der Waals surface area contributed by atoms with Crippen molar-refractivity contribution in [1.29, 1.82) is 5.41 Å². The first-order valence-electron chi connectivity index (χ1n) is 4.72. The van der Waals surface area contributed by atoms with Crippen molar-refractivity contribution in [3.63, 3.8) is 0 Å². The zero-order valence-electron chi connectivity index (χ0n) is 8.20. The molecule has 4 nitrogen and oxygen atoms in total. The number of rotatable bonds is 3. The second-order valence-corrected chi connectivity index (χ2v) is 3.66. The molecule has 14 heavy (non-hydrogen) atoms. The molecule has 1 aromatic heterocycles. The number of amidine groups is 1. The Morgan fingerprint density at radius 3 is 2.71 bits per heavy atom. The molecule has 1 aliphatic rings. The molecule has 3 N–H and O–H groups in total. The number of pyridine rings is 1. The van der Waals surface area contributed by atoms with Crippen LogP contribution in [0.5, 0.6) is 0 Å². The minimum atomic E-state index is 0.0677. The Morgan fingerprint density at radius 1 is 1.57 bits per heavy atom. The number of nitrogen functional groups attached to an aromatic ring is 1. The van der Waals surface area contributed by atoms with Gasteiger partial charge in [0.05, 0.1) is 0 Å². The van der Waals surface area contributed by atoms with Crippen molar-refractivity contribution in [2.24, 2.45) is 5.73 Å². The van der Waals surface area contributed by atoms with Gasteiger partial charge in [-0.3, -0.25) is 5.41 Å². The van der Waals surface area contributed by atoms with Crippen LogP contribution in [0.1, 0.15) is 18.4 Å². The summed E-state index contributed by atoms with van der Waals surface area (Å²) in [6.45, 7) is 0. The van der Waals surface area contributed by atoms with E-state index in [0.717, 1.165) is 5.82 Å². The van der Waals surface area contributed by atoms with Gasteiger partial charge in [0.15, 0.2) is 0 Å². The third-order valence-corrected chi connectivity index (χ3v) is 2.51. The molecule has 0 unspecified atom stereocenters. The zero-order valence-corrected chi connectivity index (χ0v) is 8.20. The van der Waals surface area contributed by atoms with E-state index in [0.29, 0.717) is 11.6 Å². The SMILES string of the molecule is CN(c1ccc(C(=N)N)cn1)C1CC1. The van der Waals surface area contributed by atoms with Gasteiger partial charge < -0.3 is 10.6 Å². The van der Waals surface area contributed by atoms with Crippen molar-refractivity contribution >= 4 is 11.7 Å². The lowest BCUT2D eigenvalue weighted by atomic mass is 10.2. The monoisotopic (exact) mass is 190 g/mol. The molecule has 0 radical (unpaired) electrons. The number of nitrogens with zero attached hydrogens (tertiary/aromatic N) is 2.